The Labute approximate surface area is 158 Å². The van der Waals surface area contributed by atoms with Crippen LogP contribution in [0, 0.1) is 0 Å². The van der Waals surface area contributed by atoms with Gasteiger partial charge in [0.1, 0.15) is 0 Å². The maximum Gasteiger partial charge on any atom is 0.338 e. The molecule has 2 saturated heterocycles. The first-order valence-electron chi connectivity index (χ1n) is 9.25. The predicted octanol–water partition coefficient (Wildman–Crippen LogP) is 2.16. The van der Waals surface area contributed by atoms with Crippen LogP contribution < -0.4 is 5.32 Å². The number of morpholine rings is 1. The van der Waals surface area contributed by atoms with E-state index in [9.17, 15) is 18.3 Å². The molecule has 2 aliphatic rings. The van der Waals surface area contributed by atoms with Crippen LogP contribution in [0.5, 0.6) is 0 Å². The van der Waals surface area contributed by atoms with E-state index in [1.54, 1.807) is 38.1 Å². The maximum atomic E-state index is 13.2. The number of carboxylic acid groups (broad SMARTS) is 1. The van der Waals surface area contributed by atoms with Gasteiger partial charge in [-0.25, -0.2) is 17.2 Å². The number of para-hydroxylation sites is 1. The van der Waals surface area contributed by atoms with Crippen LogP contribution in [-0.2, 0) is 14.8 Å². The maximum absolute atomic E-state index is 13.2. The number of ether oxygens (including phenoxy) is 1. The molecule has 146 valence electrons. The second kappa shape index (κ2) is 6.61. The highest BCUT2D eigenvalue weighted by Gasteiger charge is 2.39. The lowest BCUT2D eigenvalue weighted by Crippen LogP contribution is -2.53. The summed E-state index contributed by atoms with van der Waals surface area (Å²) in [4.78, 5) is 12.2. The monoisotopic (exact) mass is 392 g/mol. The molecule has 1 aromatic carbocycles. The van der Waals surface area contributed by atoms with Crippen molar-refractivity contribution in [2.45, 2.75) is 49.9 Å². The lowest BCUT2D eigenvalue weighted by Gasteiger charge is -2.40. The van der Waals surface area contributed by atoms with Crippen molar-refractivity contribution in [2.24, 2.45) is 0 Å². The average molecular weight is 392 g/mol. The van der Waals surface area contributed by atoms with E-state index >= 15 is 0 Å². The summed E-state index contributed by atoms with van der Waals surface area (Å²) >= 11 is 0. The van der Waals surface area contributed by atoms with Crippen LogP contribution in [-0.4, -0.2) is 54.0 Å². The van der Waals surface area contributed by atoms with Crippen molar-refractivity contribution in [3.63, 3.8) is 0 Å². The van der Waals surface area contributed by atoms with Crippen LogP contribution in [0.15, 0.2) is 24.3 Å². The number of nitrogens with zero attached hydrogens (tertiary/aromatic N) is 1. The molecular weight excluding hydrogens is 368 g/mol. The Morgan fingerprint density at radius 3 is 2.44 bits per heavy atom. The van der Waals surface area contributed by atoms with Crippen molar-refractivity contribution < 1.29 is 23.1 Å². The van der Waals surface area contributed by atoms with E-state index in [1.165, 1.54) is 3.97 Å². The molecule has 2 fully saturated rings. The summed E-state index contributed by atoms with van der Waals surface area (Å²) in [6, 6.07) is 7.09. The number of rotatable bonds is 4. The highest BCUT2D eigenvalue weighted by atomic mass is 32.2. The van der Waals surface area contributed by atoms with Gasteiger partial charge in [0, 0.05) is 23.4 Å². The first kappa shape index (κ1) is 18.5. The second-order valence-electron chi connectivity index (χ2n) is 7.71. The van der Waals surface area contributed by atoms with Crippen LogP contribution in [0.4, 0.5) is 0 Å². The third-order valence-corrected chi connectivity index (χ3v) is 7.66. The minimum absolute atomic E-state index is 0.109. The standard InChI is InChI=1S/C19H24N2O5S/c1-11(2)27(24,25)21-16-6-4-3-5-15(16)17(19(22)23)18(21)12-7-13-9-26-10-14(8-12)20-13/h3-6,11-14,20H,7-10H2,1-2H3,(H,22,23). The van der Waals surface area contributed by atoms with Gasteiger partial charge < -0.3 is 15.2 Å². The van der Waals surface area contributed by atoms with Crippen LogP contribution in [0.3, 0.4) is 0 Å². The van der Waals surface area contributed by atoms with E-state index in [4.69, 9.17) is 4.74 Å². The Balaban J connectivity index is 2.00. The molecule has 3 heterocycles. The molecule has 2 aromatic rings. The van der Waals surface area contributed by atoms with Crippen molar-refractivity contribution in [3.05, 3.63) is 35.5 Å². The highest BCUT2D eigenvalue weighted by Crippen LogP contribution is 2.40. The zero-order chi connectivity index (χ0) is 19.3. The van der Waals surface area contributed by atoms with Gasteiger partial charge in [0.25, 0.3) is 0 Å². The molecular formula is C19H24N2O5S. The third kappa shape index (κ3) is 2.96. The first-order valence-corrected chi connectivity index (χ1v) is 10.8. The molecule has 0 amide bonds. The summed E-state index contributed by atoms with van der Waals surface area (Å²) in [6.45, 7) is 4.37. The molecule has 0 aliphatic carbocycles. The molecule has 2 aliphatic heterocycles. The van der Waals surface area contributed by atoms with E-state index in [-0.39, 0.29) is 23.6 Å². The Hall–Kier alpha value is -1.90. The zero-order valence-electron chi connectivity index (χ0n) is 15.4. The van der Waals surface area contributed by atoms with Gasteiger partial charge in [-0.3, -0.25) is 0 Å². The Morgan fingerprint density at radius 1 is 1.22 bits per heavy atom. The fourth-order valence-corrected chi connectivity index (χ4v) is 5.74. The van der Waals surface area contributed by atoms with E-state index < -0.39 is 21.2 Å². The van der Waals surface area contributed by atoms with Crippen molar-refractivity contribution >= 4 is 26.9 Å². The molecule has 7 nitrogen and oxygen atoms in total. The molecule has 1 aromatic heterocycles. The number of carboxylic acids is 1. The normalized spacial score (nSPS) is 25.8. The van der Waals surface area contributed by atoms with Gasteiger partial charge in [-0.05, 0) is 32.8 Å². The van der Waals surface area contributed by atoms with Gasteiger partial charge in [0.2, 0.25) is 10.0 Å². The number of benzene rings is 1. The zero-order valence-corrected chi connectivity index (χ0v) is 16.2. The number of aromatic nitrogens is 1. The van der Waals surface area contributed by atoms with Crippen molar-refractivity contribution in [1.29, 1.82) is 0 Å². The van der Waals surface area contributed by atoms with Crippen LogP contribution in [0.1, 0.15) is 48.7 Å². The number of piperidine rings is 1. The fourth-order valence-electron chi connectivity index (χ4n) is 4.37. The summed E-state index contributed by atoms with van der Waals surface area (Å²) in [7, 11) is -3.72. The SMILES string of the molecule is CC(C)S(=O)(=O)n1c(C2CC3COCC(C2)N3)c(C(=O)O)c2ccccc21. The number of hydrogen-bond acceptors (Lipinski definition) is 5. The van der Waals surface area contributed by atoms with Crippen molar-refractivity contribution in [3.8, 4) is 0 Å². The number of fused-ring (bicyclic) bond motifs is 3. The molecule has 2 atom stereocenters. The fraction of sp³-hybridized carbons (Fsp3) is 0.526. The Morgan fingerprint density at radius 2 is 1.85 bits per heavy atom. The third-order valence-electron chi connectivity index (χ3n) is 5.57. The topological polar surface area (TPSA) is 97.6 Å². The second-order valence-corrected chi connectivity index (χ2v) is 10.0. The molecule has 0 spiro atoms. The van der Waals surface area contributed by atoms with Crippen LogP contribution in [0.2, 0.25) is 0 Å². The Bertz CT molecular complexity index is 983. The quantitative estimate of drug-likeness (QED) is 0.828. The summed E-state index contributed by atoms with van der Waals surface area (Å²) in [5, 5.41) is 13.3. The van der Waals surface area contributed by atoms with Crippen molar-refractivity contribution in [1.82, 2.24) is 9.29 Å². The molecule has 0 radical (unpaired) electrons. The number of nitrogens with one attached hydrogen (secondary N) is 1. The summed E-state index contributed by atoms with van der Waals surface area (Å²) < 4.78 is 33.3. The van der Waals surface area contributed by atoms with Gasteiger partial charge in [-0.15, -0.1) is 0 Å². The first-order chi connectivity index (χ1) is 12.8. The molecule has 8 heteroatoms. The molecule has 2 unspecified atom stereocenters. The van der Waals surface area contributed by atoms with E-state index in [1.807, 2.05) is 0 Å². The number of aromatic carboxylic acids is 1. The molecule has 4 rings (SSSR count). The summed E-state index contributed by atoms with van der Waals surface area (Å²) in [5.74, 6) is -1.24. The average Bonchev–Trinajstić information content (AvgIpc) is 2.97. The van der Waals surface area contributed by atoms with E-state index in [0.717, 1.165) is 0 Å². The predicted molar refractivity (Wildman–Crippen MR) is 102 cm³/mol. The number of carbonyl (C=O) groups is 1. The van der Waals surface area contributed by atoms with Crippen LogP contribution in [0.25, 0.3) is 10.9 Å². The summed E-state index contributed by atoms with van der Waals surface area (Å²) in [5.41, 5.74) is 0.968. The highest BCUT2D eigenvalue weighted by molar-refractivity contribution is 7.90. The molecule has 27 heavy (non-hydrogen) atoms. The molecule has 2 bridgehead atoms. The minimum atomic E-state index is -3.72. The lowest BCUT2D eigenvalue weighted by atomic mass is 9.83. The van der Waals surface area contributed by atoms with Gasteiger partial charge in [0.05, 0.1) is 35.2 Å². The molecule has 0 saturated carbocycles. The molecule has 2 N–H and O–H groups in total. The van der Waals surface area contributed by atoms with Gasteiger partial charge in [-0.1, -0.05) is 18.2 Å². The summed E-state index contributed by atoms with van der Waals surface area (Å²) in [6.07, 6.45) is 1.31. The van der Waals surface area contributed by atoms with E-state index in [2.05, 4.69) is 5.32 Å². The van der Waals surface area contributed by atoms with Gasteiger partial charge in [-0.2, -0.15) is 0 Å². The number of hydrogen-bond donors (Lipinski definition) is 2. The minimum Gasteiger partial charge on any atom is -0.478 e. The van der Waals surface area contributed by atoms with Gasteiger partial charge >= 0.3 is 5.97 Å². The Kier molecular flexibility index (Phi) is 4.52. The smallest absolute Gasteiger partial charge is 0.338 e. The largest absolute Gasteiger partial charge is 0.478 e. The van der Waals surface area contributed by atoms with Crippen molar-refractivity contribution in [2.75, 3.05) is 13.2 Å². The van der Waals surface area contributed by atoms with Crippen LogP contribution >= 0.6 is 0 Å². The van der Waals surface area contributed by atoms with E-state index in [0.29, 0.717) is 42.7 Å². The lowest BCUT2D eigenvalue weighted by molar-refractivity contribution is 0.0174. The van der Waals surface area contributed by atoms with Gasteiger partial charge in [0.15, 0.2) is 0 Å².